The van der Waals surface area contributed by atoms with E-state index in [1.165, 1.54) is 0 Å². The highest BCUT2D eigenvalue weighted by molar-refractivity contribution is 6.43. The topological polar surface area (TPSA) is 50.2 Å². The highest BCUT2D eigenvalue weighted by Gasteiger charge is 2.22. The Morgan fingerprint density at radius 1 is 1.60 bits per heavy atom. The second-order valence-electron chi connectivity index (χ2n) is 1.55. The van der Waals surface area contributed by atoms with E-state index in [-0.39, 0.29) is 12.3 Å². The lowest BCUT2D eigenvalue weighted by molar-refractivity contribution is -0.132. The molecule has 0 amide bonds. The van der Waals surface area contributed by atoms with Crippen LogP contribution in [0.2, 0.25) is 0 Å². The van der Waals surface area contributed by atoms with E-state index in [0.717, 1.165) is 0 Å². The number of nitrogens with one attached hydrogen (secondary N) is 1. The van der Waals surface area contributed by atoms with Crippen molar-refractivity contribution in [2.45, 2.75) is 13.8 Å². The van der Waals surface area contributed by atoms with Crippen molar-refractivity contribution in [1.82, 2.24) is 0 Å². The number of cyclic esters (lactones) is 1. The van der Waals surface area contributed by atoms with E-state index in [4.69, 9.17) is 5.41 Å². The molecule has 1 aliphatic heterocycles. The van der Waals surface area contributed by atoms with E-state index >= 15 is 0 Å². The Labute approximate surface area is 60.2 Å². The third kappa shape index (κ3) is 1.69. The van der Waals surface area contributed by atoms with Gasteiger partial charge in [0.15, 0.2) is 0 Å². The summed E-state index contributed by atoms with van der Waals surface area (Å²) in [5.74, 6) is -0.560. The maximum Gasteiger partial charge on any atom is 0.356 e. The van der Waals surface area contributed by atoms with Crippen molar-refractivity contribution in [2.75, 3.05) is 6.61 Å². The third-order valence-corrected chi connectivity index (χ3v) is 0.935. The predicted octanol–water partition coefficient (Wildman–Crippen LogP) is 1.15. The average Bonchev–Trinajstić information content (AvgIpc) is 2.25. The maximum absolute atomic E-state index is 10.3. The summed E-state index contributed by atoms with van der Waals surface area (Å²) in [7, 11) is 0. The molecular formula is C7H11NO2. The van der Waals surface area contributed by atoms with E-state index < -0.39 is 5.97 Å². The molecular weight excluding hydrogens is 130 g/mol. The van der Waals surface area contributed by atoms with Gasteiger partial charge >= 0.3 is 5.97 Å². The molecule has 0 bridgehead atoms. The average molecular weight is 141 g/mol. The van der Waals surface area contributed by atoms with Crippen molar-refractivity contribution in [1.29, 1.82) is 5.41 Å². The van der Waals surface area contributed by atoms with Crippen molar-refractivity contribution in [3.05, 3.63) is 12.2 Å². The van der Waals surface area contributed by atoms with Crippen LogP contribution >= 0.6 is 0 Å². The fraction of sp³-hybridized carbons (Fsp3) is 0.429. The van der Waals surface area contributed by atoms with E-state index in [1.54, 1.807) is 0 Å². The minimum Gasteiger partial charge on any atom is -0.456 e. The van der Waals surface area contributed by atoms with Crippen LogP contribution in [0.25, 0.3) is 0 Å². The number of hydrogen-bond donors (Lipinski definition) is 1. The van der Waals surface area contributed by atoms with E-state index in [9.17, 15) is 4.79 Å². The quantitative estimate of drug-likeness (QED) is 0.514. The molecule has 1 N–H and O–H groups in total. The van der Waals surface area contributed by atoms with Gasteiger partial charge in [-0.25, -0.2) is 4.79 Å². The SMILES string of the molecule is C=C1COC(=O)C1=N.CC. The molecule has 56 valence electrons. The Morgan fingerprint density at radius 3 is 2.20 bits per heavy atom. The smallest absolute Gasteiger partial charge is 0.356 e. The molecule has 3 nitrogen and oxygen atoms in total. The van der Waals surface area contributed by atoms with E-state index in [1.807, 2.05) is 13.8 Å². The van der Waals surface area contributed by atoms with Crippen LogP contribution in [-0.2, 0) is 9.53 Å². The standard InChI is InChI=1S/C5H5NO2.C2H6/c1-3-2-8-5(7)4(3)6;1-2/h6H,1-2H2;1-2H3. The maximum atomic E-state index is 10.3. The summed E-state index contributed by atoms with van der Waals surface area (Å²) in [6.45, 7) is 7.61. The number of hydrogen-bond acceptors (Lipinski definition) is 3. The Morgan fingerprint density at radius 2 is 2.10 bits per heavy atom. The highest BCUT2D eigenvalue weighted by atomic mass is 16.5. The molecule has 3 heteroatoms. The van der Waals surface area contributed by atoms with Gasteiger partial charge in [0, 0.05) is 5.57 Å². The summed E-state index contributed by atoms with van der Waals surface area (Å²) < 4.78 is 4.41. The molecule has 0 aromatic heterocycles. The third-order valence-electron chi connectivity index (χ3n) is 0.935. The molecule has 0 saturated carbocycles. The molecule has 1 aliphatic rings. The summed E-state index contributed by atoms with van der Waals surface area (Å²) in [4.78, 5) is 10.3. The van der Waals surface area contributed by atoms with Crippen LogP contribution in [0.15, 0.2) is 12.2 Å². The summed E-state index contributed by atoms with van der Waals surface area (Å²) in [6.07, 6.45) is 0. The van der Waals surface area contributed by atoms with Crippen LogP contribution in [0.5, 0.6) is 0 Å². The Bertz CT molecular complexity index is 154. The first-order valence-electron chi connectivity index (χ1n) is 3.15. The fourth-order valence-corrected chi connectivity index (χ4v) is 0.441. The monoisotopic (exact) mass is 141 g/mol. The minimum absolute atomic E-state index is 0.0926. The number of esters is 1. The van der Waals surface area contributed by atoms with Gasteiger partial charge in [-0.05, 0) is 0 Å². The van der Waals surface area contributed by atoms with Gasteiger partial charge in [0.2, 0.25) is 0 Å². The number of rotatable bonds is 0. The first-order chi connectivity index (χ1) is 4.72. The number of carbonyl (C=O) groups excluding carboxylic acids is 1. The van der Waals surface area contributed by atoms with Crippen LogP contribution in [0.1, 0.15) is 13.8 Å². The largest absolute Gasteiger partial charge is 0.456 e. The number of ether oxygens (including phenoxy) is 1. The van der Waals surface area contributed by atoms with Gasteiger partial charge in [0.05, 0.1) is 0 Å². The molecule has 10 heavy (non-hydrogen) atoms. The van der Waals surface area contributed by atoms with Crippen LogP contribution in [-0.4, -0.2) is 18.3 Å². The lowest BCUT2D eigenvalue weighted by Gasteiger charge is -1.80. The molecule has 0 unspecified atom stereocenters. The zero-order valence-electron chi connectivity index (χ0n) is 6.23. The van der Waals surface area contributed by atoms with Crippen LogP contribution in [0.3, 0.4) is 0 Å². The summed E-state index contributed by atoms with van der Waals surface area (Å²) in [5, 5.41) is 6.89. The normalized spacial score (nSPS) is 16.0. The molecule has 0 atom stereocenters. The van der Waals surface area contributed by atoms with Crippen molar-refractivity contribution in [3.8, 4) is 0 Å². The Balaban J connectivity index is 0.000000371. The molecule has 1 fully saturated rings. The summed E-state index contributed by atoms with van der Waals surface area (Å²) in [5.41, 5.74) is 0.375. The minimum atomic E-state index is -0.560. The number of carbonyl (C=O) groups is 1. The van der Waals surface area contributed by atoms with Gasteiger partial charge in [0.25, 0.3) is 0 Å². The molecule has 0 aromatic carbocycles. The first kappa shape index (κ1) is 8.88. The van der Waals surface area contributed by atoms with Crippen molar-refractivity contribution in [2.24, 2.45) is 0 Å². The lowest BCUT2D eigenvalue weighted by Crippen LogP contribution is -2.04. The Kier molecular flexibility index (Phi) is 3.39. The predicted molar refractivity (Wildman–Crippen MR) is 39.2 cm³/mol. The molecule has 0 radical (unpaired) electrons. The summed E-state index contributed by atoms with van der Waals surface area (Å²) in [6, 6.07) is 0. The zero-order valence-corrected chi connectivity index (χ0v) is 6.23. The second-order valence-corrected chi connectivity index (χ2v) is 1.55. The lowest BCUT2D eigenvalue weighted by atomic mass is 10.2. The second kappa shape index (κ2) is 3.82. The van der Waals surface area contributed by atoms with Crippen LogP contribution in [0, 0.1) is 5.41 Å². The van der Waals surface area contributed by atoms with Crippen LogP contribution < -0.4 is 0 Å². The zero-order chi connectivity index (χ0) is 8.15. The summed E-state index contributed by atoms with van der Waals surface area (Å²) >= 11 is 0. The van der Waals surface area contributed by atoms with Gasteiger partial charge < -0.3 is 4.74 Å². The Hall–Kier alpha value is -1.12. The molecule has 1 rings (SSSR count). The first-order valence-corrected chi connectivity index (χ1v) is 3.15. The fourth-order valence-electron chi connectivity index (χ4n) is 0.441. The van der Waals surface area contributed by atoms with Gasteiger partial charge in [-0.3, -0.25) is 5.41 Å². The molecule has 0 spiro atoms. The van der Waals surface area contributed by atoms with Crippen molar-refractivity contribution in [3.63, 3.8) is 0 Å². The van der Waals surface area contributed by atoms with Crippen molar-refractivity contribution >= 4 is 11.7 Å². The van der Waals surface area contributed by atoms with Crippen molar-refractivity contribution < 1.29 is 9.53 Å². The molecule has 1 heterocycles. The molecule has 0 aromatic rings. The van der Waals surface area contributed by atoms with E-state index in [2.05, 4.69) is 11.3 Å². The molecule has 1 saturated heterocycles. The van der Waals surface area contributed by atoms with Gasteiger partial charge in [-0.2, -0.15) is 0 Å². The van der Waals surface area contributed by atoms with E-state index in [0.29, 0.717) is 5.57 Å². The highest BCUT2D eigenvalue weighted by Crippen LogP contribution is 2.04. The van der Waals surface area contributed by atoms with Crippen LogP contribution in [0.4, 0.5) is 0 Å². The molecule has 0 aliphatic carbocycles. The van der Waals surface area contributed by atoms with Gasteiger partial charge in [-0.1, -0.05) is 20.4 Å². The van der Waals surface area contributed by atoms with Gasteiger partial charge in [0.1, 0.15) is 12.3 Å². The van der Waals surface area contributed by atoms with Gasteiger partial charge in [-0.15, -0.1) is 0 Å².